The minimum atomic E-state index is -0.0453. The van der Waals surface area contributed by atoms with Crippen LogP contribution in [0.2, 0.25) is 0 Å². The molecule has 2 aromatic carbocycles. The SMILES string of the molecule is C#CCOc1ccc(CCC(=O)NCc2ccc(C=O)cc2)cc1OC. The first-order chi connectivity index (χ1) is 12.7. The maximum Gasteiger partial charge on any atom is 0.220 e. The molecule has 5 nitrogen and oxygen atoms in total. The van der Waals surface area contributed by atoms with Crippen LogP contribution in [-0.2, 0) is 17.8 Å². The third-order valence-corrected chi connectivity index (χ3v) is 3.79. The summed E-state index contributed by atoms with van der Waals surface area (Å²) in [6.45, 7) is 0.603. The molecule has 0 radical (unpaired) electrons. The molecule has 0 unspecified atom stereocenters. The number of nitrogens with one attached hydrogen (secondary N) is 1. The highest BCUT2D eigenvalue weighted by Gasteiger charge is 2.08. The van der Waals surface area contributed by atoms with Crippen LogP contribution < -0.4 is 14.8 Å². The molecule has 0 aliphatic heterocycles. The number of ether oxygens (including phenoxy) is 2. The number of hydrogen-bond acceptors (Lipinski definition) is 4. The fourth-order valence-electron chi connectivity index (χ4n) is 2.37. The minimum Gasteiger partial charge on any atom is -0.493 e. The lowest BCUT2D eigenvalue weighted by molar-refractivity contribution is -0.121. The number of carbonyl (C=O) groups excluding carboxylic acids is 2. The van der Waals surface area contributed by atoms with Gasteiger partial charge in [0.05, 0.1) is 7.11 Å². The van der Waals surface area contributed by atoms with Crippen LogP contribution in [0.1, 0.15) is 27.9 Å². The zero-order valence-electron chi connectivity index (χ0n) is 14.7. The Morgan fingerprint density at radius 1 is 1.15 bits per heavy atom. The summed E-state index contributed by atoms with van der Waals surface area (Å²) < 4.78 is 10.7. The van der Waals surface area contributed by atoms with E-state index in [0.717, 1.165) is 17.4 Å². The lowest BCUT2D eigenvalue weighted by atomic mass is 10.1. The highest BCUT2D eigenvalue weighted by atomic mass is 16.5. The predicted molar refractivity (Wildman–Crippen MR) is 99.3 cm³/mol. The third kappa shape index (κ3) is 5.67. The molecule has 5 heteroatoms. The van der Waals surface area contributed by atoms with Crippen LogP contribution in [-0.4, -0.2) is 25.9 Å². The van der Waals surface area contributed by atoms with Crippen LogP contribution in [0.3, 0.4) is 0 Å². The summed E-state index contributed by atoms with van der Waals surface area (Å²) >= 11 is 0. The smallest absolute Gasteiger partial charge is 0.220 e. The van der Waals surface area contributed by atoms with E-state index in [4.69, 9.17) is 15.9 Å². The number of aryl methyl sites for hydroxylation is 1. The molecule has 2 aromatic rings. The van der Waals surface area contributed by atoms with E-state index in [1.165, 1.54) is 0 Å². The number of amides is 1. The van der Waals surface area contributed by atoms with Gasteiger partial charge in [-0.05, 0) is 29.7 Å². The molecule has 0 fully saturated rings. The van der Waals surface area contributed by atoms with Crippen molar-refractivity contribution >= 4 is 12.2 Å². The van der Waals surface area contributed by atoms with E-state index in [2.05, 4.69) is 11.2 Å². The quantitative estimate of drug-likeness (QED) is 0.557. The highest BCUT2D eigenvalue weighted by molar-refractivity contribution is 5.76. The number of hydrogen-bond donors (Lipinski definition) is 1. The Labute approximate surface area is 153 Å². The van der Waals surface area contributed by atoms with Gasteiger partial charge in [0.2, 0.25) is 5.91 Å². The molecule has 1 N–H and O–H groups in total. The van der Waals surface area contributed by atoms with E-state index < -0.39 is 0 Å². The Kier molecular flexibility index (Phi) is 7.26. The zero-order valence-corrected chi connectivity index (χ0v) is 14.7. The Morgan fingerprint density at radius 2 is 1.88 bits per heavy atom. The lowest BCUT2D eigenvalue weighted by Gasteiger charge is -2.11. The van der Waals surface area contributed by atoms with Crippen molar-refractivity contribution in [2.45, 2.75) is 19.4 Å². The van der Waals surface area contributed by atoms with Crippen LogP contribution in [0.5, 0.6) is 11.5 Å². The summed E-state index contributed by atoms with van der Waals surface area (Å²) in [5.74, 6) is 3.53. The molecular formula is C21H21NO4. The molecule has 134 valence electrons. The van der Waals surface area contributed by atoms with Crippen molar-refractivity contribution < 1.29 is 19.1 Å². The van der Waals surface area contributed by atoms with Crippen molar-refractivity contribution in [3.63, 3.8) is 0 Å². The molecule has 1 amide bonds. The van der Waals surface area contributed by atoms with Crippen LogP contribution in [0.4, 0.5) is 0 Å². The van der Waals surface area contributed by atoms with Gasteiger partial charge in [-0.3, -0.25) is 9.59 Å². The van der Waals surface area contributed by atoms with E-state index in [1.807, 2.05) is 24.3 Å². The fraction of sp³-hybridized carbons (Fsp3) is 0.238. The number of aldehydes is 1. The standard InChI is InChI=1S/C21H21NO4/c1-3-12-26-19-10-8-16(13-20(19)25-2)9-11-21(24)22-14-17-4-6-18(15-23)7-5-17/h1,4-8,10,13,15H,9,11-12,14H2,2H3,(H,22,24). The molecule has 26 heavy (non-hydrogen) atoms. The van der Waals surface area contributed by atoms with Crippen LogP contribution in [0, 0.1) is 12.3 Å². The molecule has 0 bridgehead atoms. The van der Waals surface area contributed by atoms with E-state index in [1.54, 1.807) is 25.3 Å². The largest absolute Gasteiger partial charge is 0.493 e. The van der Waals surface area contributed by atoms with Crippen LogP contribution in [0.25, 0.3) is 0 Å². The number of benzene rings is 2. The van der Waals surface area contributed by atoms with Crippen molar-refractivity contribution in [3.8, 4) is 23.8 Å². The van der Waals surface area contributed by atoms with Crippen molar-refractivity contribution in [2.75, 3.05) is 13.7 Å². The normalized spacial score (nSPS) is 9.85. The summed E-state index contributed by atoms with van der Waals surface area (Å²) in [5, 5.41) is 2.87. The van der Waals surface area contributed by atoms with Gasteiger partial charge >= 0.3 is 0 Å². The second kappa shape index (κ2) is 9.90. The first-order valence-corrected chi connectivity index (χ1v) is 8.20. The van der Waals surface area contributed by atoms with E-state index in [0.29, 0.717) is 36.4 Å². The molecule has 2 rings (SSSR count). The average Bonchev–Trinajstić information content (AvgIpc) is 2.69. The molecule has 0 aliphatic rings. The first kappa shape index (κ1) is 19.1. The number of carbonyl (C=O) groups is 2. The summed E-state index contributed by atoms with van der Waals surface area (Å²) in [6, 6.07) is 12.6. The maximum absolute atomic E-state index is 12.0. The molecule has 0 spiro atoms. The van der Waals surface area contributed by atoms with Crippen LogP contribution >= 0.6 is 0 Å². The topological polar surface area (TPSA) is 64.6 Å². The first-order valence-electron chi connectivity index (χ1n) is 8.20. The van der Waals surface area contributed by atoms with E-state index in [-0.39, 0.29) is 12.5 Å². The molecule has 0 atom stereocenters. The van der Waals surface area contributed by atoms with Gasteiger partial charge in [-0.1, -0.05) is 36.3 Å². The predicted octanol–water partition coefficient (Wildman–Crippen LogP) is 2.77. The Bertz CT molecular complexity index is 791. The van der Waals surface area contributed by atoms with Gasteiger partial charge in [0.25, 0.3) is 0 Å². The van der Waals surface area contributed by atoms with Gasteiger partial charge in [0.1, 0.15) is 12.9 Å². The van der Waals surface area contributed by atoms with Crippen molar-refractivity contribution in [3.05, 3.63) is 59.2 Å². The zero-order chi connectivity index (χ0) is 18.8. The summed E-state index contributed by atoms with van der Waals surface area (Å²) in [6.07, 6.45) is 6.93. The van der Waals surface area contributed by atoms with Gasteiger partial charge in [-0.15, -0.1) is 6.42 Å². The summed E-state index contributed by atoms with van der Waals surface area (Å²) in [7, 11) is 1.56. The molecular weight excluding hydrogens is 330 g/mol. The second-order valence-electron chi connectivity index (χ2n) is 5.61. The molecule has 0 saturated heterocycles. The van der Waals surface area contributed by atoms with Crippen molar-refractivity contribution in [1.82, 2.24) is 5.32 Å². The monoisotopic (exact) mass is 351 g/mol. The van der Waals surface area contributed by atoms with E-state index in [9.17, 15) is 9.59 Å². The van der Waals surface area contributed by atoms with Crippen molar-refractivity contribution in [1.29, 1.82) is 0 Å². The molecule has 0 aliphatic carbocycles. The third-order valence-electron chi connectivity index (χ3n) is 3.79. The van der Waals surface area contributed by atoms with Gasteiger partial charge < -0.3 is 14.8 Å². The Hall–Kier alpha value is -3.26. The number of terminal acetylenes is 1. The van der Waals surface area contributed by atoms with Gasteiger partial charge in [-0.2, -0.15) is 0 Å². The van der Waals surface area contributed by atoms with E-state index >= 15 is 0 Å². The number of methoxy groups -OCH3 is 1. The molecule has 0 heterocycles. The Balaban J connectivity index is 1.84. The van der Waals surface area contributed by atoms with Crippen LogP contribution in [0.15, 0.2) is 42.5 Å². The van der Waals surface area contributed by atoms with Gasteiger partial charge in [0, 0.05) is 18.5 Å². The van der Waals surface area contributed by atoms with Crippen molar-refractivity contribution in [2.24, 2.45) is 0 Å². The fourth-order valence-corrected chi connectivity index (χ4v) is 2.37. The molecule has 0 saturated carbocycles. The number of rotatable bonds is 9. The summed E-state index contributed by atoms with van der Waals surface area (Å²) in [5.41, 5.74) is 2.53. The highest BCUT2D eigenvalue weighted by Crippen LogP contribution is 2.28. The molecule has 0 aromatic heterocycles. The maximum atomic E-state index is 12.0. The average molecular weight is 351 g/mol. The minimum absolute atomic E-state index is 0.0453. The van der Waals surface area contributed by atoms with Gasteiger partial charge in [0.15, 0.2) is 11.5 Å². The summed E-state index contributed by atoms with van der Waals surface area (Å²) in [4.78, 5) is 22.7. The second-order valence-corrected chi connectivity index (χ2v) is 5.61. The lowest BCUT2D eigenvalue weighted by Crippen LogP contribution is -2.23. The van der Waals surface area contributed by atoms with Gasteiger partial charge in [-0.25, -0.2) is 0 Å². The Morgan fingerprint density at radius 3 is 2.54 bits per heavy atom.